The van der Waals surface area contributed by atoms with Crippen LogP contribution in [0.1, 0.15) is 21.5 Å². The minimum Gasteiger partial charge on any atom is -0.289 e. The van der Waals surface area contributed by atoms with Gasteiger partial charge in [0.2, 0.25) is 5.95 Å². The van der Waals surface area contributed by atoms with Crippen LogP contribution in [0.5, 0.6) is 0 Å². The average Bonchev–Trinajstić information content (AvgIpc) is 2.98. The zero-order valence-electron chi connectivity index (χ0n) is 12.8. The van der Waals surface area contributed by atoms with Crippen molar-refractivity contribution >= 4 is 23.5 Å². The molecule has 5 nitrogen and oxygen atoms in total. The van der Waals surface area contributed by atoms with Crippen molar-refractivity contribution in [2.24, 2.45) is 0 Å². The highest BCUT2D eigenvalue weighted by Crippen LogP contribution is 2.20. The summed E-state index contributed by atoms with van der Waals surface area (Å²) in [6.45, 7) is 1.97. The lowest BCUT2D eigenvalue weighted by atomic mass is 10.1. The number of benzene rings is 2. The summed E-state index contributed by atoms with van der Waals surface area (Å²) in [5.41, 5.74) is 1.72. The molecule has 0 saturated heterocycles. The number of halogens is 2. The van der Waals surface area contributed by atoms with E-state index in [4.69, 9.17) is 11.6 Å². The minimum atomic E-state index is -0.413. The van der Waals surface area contributed by atoms with E-state index in [0.717, 1.165) is 5.56 Å². The first-order valence-electron chi connectivity index (χ1n) is 7.24. The number of carbonyl (C=O) groups excluding carboxylic acids is 1. The Morgan fingerprint density at radius 3 is 2.79 bits per heavy atom. The van der Waals surface area contributed by atoms with Gasteiger partial charge in [-0.1, -0.05) is 35.9 Å². The van der Waals surface area contributed by atoms with Gasteiger partial charge in [-0.05, 0) is 30.7 Å². The van der Waals surface area contributed by atoms with E-state index in [1.54, 1.807) is 18.2 Å². The van der Waals surface area contributed by atoms with E-state index in [1.165, 1.54) is 23.1 Å². The Morgan fingerprint density at radius 1 is 1.25 bits per heavy atom. The molecule has 2 aromatic carbocycles. The summed E-state index contributed by atoms with van der Waals surface area (Å²) in [7, 11) is 0. The summed E-state index contributed by atoms with van der Waals surface area (Å²) < 4.78 is 15.2. The third-order valence-corrected chi connectivity index (χ3v) is 3.89. The zero-order valence-corrected chi connectivity index (χ0v) is 13.6. The highest BCUT2D eigenvalue weighted by molar-refractivity contribution is 6.31. The van der Waals surface area contributed by atoms with Gasteiger partial charge in [-0.15, -0.1) is 5.10 Å². The van der Waals surface area contributed by atoms with Gasteiger partial charge < -0.3 is 0 Å². The number of nitrogens with one attached hydrogen (secondary N) is 1. The molecule has 3 aromatic rings. The summed E-state index contributed by atoms with van der Waals surface area (Å²) in [4.78, 5) is 16.3. The van der Waals surface area contributed by atoms with E-state index < -0.39 is 5.82 Å². The Kier molecular flexibility index (Phi) is 4.57. The first-order valence-corrected chi connectivity index (χ1v) is 7.61. The number of nitrogens with zero attached hydrogens (tertiary/aromatic N) is 3. The average molecular weight is 345 g/mol. The van der Waals surface area contributed by atoms with Crippen LogP contribution < -0.4 is 5.32 Å². The van der Waals surface area contributed by atoms with Crippen molar-refractivity contribution in [1.29, 1.82) is 0 Å². The Labute approximate surface area is 143 Å². The second kappa shape index (κ2) is 6.80. The maximum atomic E-state index is 13.8. The molecule has 0 aliphatic rings. The minimum absolute atomic E-state index is 0.124. The van der Waals surface area contributed by atoms with Gasteiger partial charge >= 0.3 is 0 Å². The molecular weight excluding hydrogens is 331 g/mol. The molecule has 0 spiro atoms. The molecule has 0 aliphatic heterocycles. The first kappa shape index (κ1) is 16.1. The van der Waals surface area contributed by atoms with Crippen molar-refractivity contribution in [1.82, 2.24) is 14.8 Å². The summed E-state index contributed by atoms with van der Waals surface area (Å²) in [5, 5.41) is 7.07. The zero-order chi connectivity index (χ0) is 17.1. The second-order valence-corrected chi connectivity index (χ2v) is 5.64. The fourth-order valence-electron chi connectivity index (χ4n) is 2.27. The Bertz CT molecular complexity index is 874. The van der Waals surface area contributed by atoms with E-state index in [9.17, 15) is 9.18 Å². The number of rotatable bonds is 4. The maximum Gasteiger partial charge on any atom is 0.258 e. The van der Waals surface area contributed by atoms with Crippen molar-refractivity contribution in [3.8, 4) is 0 Å². The van der Waals surface area contributed by atoms with Gasteiger partial charge in [0.05, 0.1) is 6.54 Å². The van der Waals surface area contributed by atoms with Gasteiger partial charge in [0.25, 0.3) is 5.91 Å². The Balaban J connectivity index is 1.74. The van der Waals surface area contributed by atoms with Crippen LogP contribution in [0.25, 0.3) is 0 Å². The molecule has 0 bridgehead atoms. The fourth-order valence-corrected chi connectivity index (χ4v) is 2.49. The normalized spacial score (nSPS) is 10.6. The molecule has 122 valence electrons. The molecule has 1 N–H and O–H groups in total. The van der Waals surface area contributed by atoms with Crippen LogP contribution in [-0.2, 0) is 6.54 Å². The highest BCUT2D eigenvalue weighted by atomic mass is 35.5. The van der Waals surface area contributed by atoms with Crippen LogP contribution in [0.2, 0.25) is 5.02 Å². The number of hydrogen-bond donors (Lipinski definition) is 1. The monoisotopic (exact) mass is 344 g/mol. The number of hydrogen-bond acceptors (Lipinski definition) is 3. The van der Waals surface area contributed by atoms with Crippen LogP contribution in [0.15, 0.2) is 48.8 Å². The molecule has 0 aliphatic carbocycles. The van der Waals surface area contributed by atoms with E-state index in [0.29, 0.717) is 16.1 Å². The molecular formula is C17H14ClFN4O. The third kappa shape index (κ3) is 3.44. The summed E-state index contributed by atoms with van der Waals surface area (Å²) >= 11 is 6.00. The molecule has 0 atom stereocenters. The number of amides is 1. The van der Waals surface area contributed by atoms with E-state index in [2.05, 4.69) is 15.4 Å². The van der Waals surface area contributed by atoms with Gasteiger partial charge in [-0.25, -0.2) is 14.1 Å². The standard InChI is InChI=1S/C17H14ClFN4O/c1-11-5-2-3-6-12(11)16(24)21-17-20-10-23(22-17)9-13-14(18)7-4-8-15(13)19/h2-8,10H,9H2,1H3,(H,21,22,24). The molecule has 0 unspecified atom stereocenters. The Morgan fingerprint density at radius 2 is 2.04 bits per heavy atom. The molecule has 3 rings (SSSR count). The maximum absolute atomic E-state index is 13.8. The van der Waals surface area contributed by atoms with Gasteiger partial charge in [0, 0.05) is 16.1 Å². The molecule has 0 saturated carbocycles. The van der Waals surface area contributed by atoms with Gasteiger partial charge in [0.1, 0.15) is 12.1 Å². The van der Waals surface area contributed by atoms with Crippen molar-refractivity contribution in [2.45, 2.75) is 13.5 Å². The summed E-state index contributed by atoms with van der Waals surface area (Å²) in [5.74, 6) is -0.561. The lowest BCUT2D eigenvalue weighted by molar-refractivity contribution is 0.102. The molecule has 1 heterocycles. The predicted octanol–water partition coefficient (Wildman–Crippen LogP) is 3.68. The largest absolute Gasteiger partial charge is 0.289 e. The smallest absolute Gasteiger partial charge is 0.258 e. The quantitative estimate of drug-likeness (QED) is 0.785. The highest BCUT2D eigenvalue weighted by Gasteiger charge is 2.12. The van der Waals surface area contributed by atoms with Crippen LogP contribution in [0.4, 0.5) is 10.3 Å². The predicted molar refractivity (Wildman–Crippen MR) is 89.7 cm³/mol. The third-order valence-electron chi connectivity index (χ3n) is 3.53. The summed E-state index contributed by atoms with van der Waals surface area (Å²) in [6, 6.07) is 11.7. The lowest BCUT2D eigenvalue weighted by Gasteiger charge is -2.06. The molecule has 1 amide bonds. The fraction of sp³-hybridized carbons (Fsp3) is 0.118. The van der Waals surface area contributed by atoms with Crippen LogP contribution in [0, 0.1) is 12.7 Å². The van der Waals surface area contributed by atoms with Gasteiger partial charge in [-0.3, -0.25) is 10.1 Å². The molecule has 24 heavy (non-hydrogen) atoms. The van der Waals surface area contributed by atoms with E-state index in [-0.39, 0.29) is 18.4 Å². The van der Waals surface area contributed by atoms with E-state index in [1.807, 2.05) is 19.1 Å². The molecule has 7 heteroatoms. The first-order chi connectivity index (χ1) is 11.5. The van der Waals surface area contributed by atoms with Crippen molar-refractivity contribution in [3.05, 3.63) is 76.3 Å². The number of aryl methyl sites for hydroxylation is 1. The van der Waals surface area contributed by atoms with Crippen molar-refractivity contribution in [3.63, 3.8) is 0 Å². The van der Waals surface area contributed by atoms with E-state index >= 15 is 0 Å². The van der Waals surface area contributed by atoms with Crippen LogP contribution in [0.3, 0.4) is 0 Å². The van der Waals surface area contributed by atoms with Gasteiger partial charge in [0.15, 0.2) is 0 Å². The topological polar surface area (TPSA) is 59.8 Å². The lowest BCUT2D eigenvalue weighted by Crippen LogP contribution is -2.14. The number of carbonyl (C=O) groups is 1. The summed E-state index contributed by atoms with van der Waals surface area (Å²) in [6.07, 6.45) is 1.41. The van der Waals surface area contributed by atoms with Crippen molar-refractivity contribution < 1.29 is 9.18 Å². The number of aromatic nitrogens is 3. The molecule has 0 radical (unpaired) electrons. The van der Waals surface area contributed by atoms with Crippen LogP contribution in [-0.4, -0.2) is 20.7 Å². The van der Waals surface area contributed by atoms with Crippen molar-refractivity contribution in [2.75, 3.05) is 5.32 Å². The Hall–Kier alpha value is -2.73. The molecule has 1 aromatic heterocycles. The van der Waals surface area contributed by atoms with Gasteiger partial charge in [-0.2, -0.15) is 0 Å². The number of anilines is 1. The molecule has 0 fully saturated rings. The second-order valence-electron chi connectivity index (χ2n) is 5.24. The van der Waals surface area contributed by atoms with Crippen LogP contribution >= 0.6 is 11.6 Å². The SMILES string of the molecule is Cc1ccccc1C(=O)Nc1ncn(Cc2c(F)cccc2Cl)n1.